The number of aryl methyl sites for hydroxylation is 1. The van der Waals surface area contributed by atoms with Crippen molar-refractivity contribution >= 4 is 33.7 Å². The summed E-state index contributed by atoms with van der Waals surface area (Å²) in [4.78, 5) is 40.3. The van der Waals surface area contributed by atoms with Crippen molar-refractivity contribution in [1.82, 2.24) is 15.1 Å². The molecule has 2 heterocycles. The number of piperidine rings is 2. The molecule has 0 atom stereocenters. The Morgan fingerprint density at radius 3 is 1.98 bits per heavy atom. The molecule has 2 saturated heterocycles. The summed E-state index contributed by atoms with van der Waals surface area (Å²) < 4.78 is 32.7. The molecule has 0 spiro atoms. The Morgan fingerprint density at radius 1 is 0.737 bits per heavy atom. The Bertz CT molecular complexity index is 1880. The zero-order valence-corrected chi connectivity index (χ0v) is 33.9. The maximum absolute atomic E-state index is 13.7. The SMILES string of the molecule is O=C(Cc1ccc(Br)cc1)N(CCCc1ccccc1)Cc1cccc(-c2cccc(C(=O)N3CCC(CCCC4CCNCC4)CC3)c2)c1.O=C(O)C(F)(F)F. The first kappa shape index (κ1) is 43.6. The summed E-state index contributed by atoms with van der Waals surface area (Å²) in [6.45, 7) is 5.30. The standard InChI is InChI=1S/C44H52BrN3O2.C2HF3O2/c45-42-19-17-37(18-20-42)31-43(49)48(27-7-13-34-8-2-1-3-9-34)33-38-12-5-14-39(30-38)40-15-6-16-41(32-40)44(50)47-28-23-36(24-29-47)11-4-10-35-21-25-46-26-22-35;3-2(4,5)1(6)7/h1-3,5-6,8-9,12,14-20,30,32,35-36,46H,4,7,10-11,13,21-29,31,33H2;(H,6,7). The van der Waals surface area contributed by atoms with Gasteiger partial charge in [-0.1, -0.05) is 108 Å². The third-order valence-corrected chi connectivity index (χ3v) is 11.5. The summed E-state index contributed by atoms with van der Waals surface area (Å²) in [5.74, 6) is -0.842. The highest BCUT2D eigenvalue weighted by Gasteiger charge is 2.38. The monoisotopic (exact) mass is 847 g/mol. The minimum atomic E-state index is -5.08. The van der Waals surface area contributed by atoms with Gasteiger partial charge in [-0.05, 0) is 122 Å². The number of aliphatic carboxylic acids is 1. The van der Waals surface area contributed by atoms with Gasteiger partial charge in [0.25, 0.3) is 5.91 Å². The molecule has 7 nitrogen and oxygen atoms in total. The fourth-order valence-electron chi connectivity index (χ4n) is 7.67. The van der Waals surface area contributed by atoms with Crippen molar-refractivity contribution in [3.63, 3.8) is 0 Å². The minimum absolute atomic E-state index is 0.129. The van der Waals surface area contributed by atoms with Crippen molar-refractivity contribution in [3.05, 3.63) is 130 Å². The third kappa shape index (κ3) is 14.4. The molecular formula is C46H53BrF3N3O4. The molecule has 0 bridgehead atoms. The molecule has 2 aliphatic heterocycles. The second-order valence-electron chi connectivity index (χ2n) is 15.2. The van der Waals surface area contributed by atoms with Gasteiger partial charge in [0.1, 0.15) is 0 Å². The van der Waals surface area contributed by atoms with E-state index in [-0.39, 0.29) is 11.8 Å². The van der Waals surface area contributed by atoms with Crippen LogP contribution in [0.1, 0.15) is 78.4 Å². The van der Waals surface area contributed by atoms with Gasteiger partial charge in [0.2, 0.25) is 5.91 Å². The van der Waals surface area contributed by atoms with Crippen molar-refractivity contribution in [2.24, 2.45) is 11.8 Å². The number of likely N-dealkylation sites (tertiary alicyclic amines) is 1. The zero-order valence-electron chi connectivity index (χ0n) is 32.4. The van der Waals surface area contributed by atoms with Crippen molar-refractivity contribution in [1.29, 1.82) is 0 Å². The molecule has 0 aromatic heterocycles. The second kappa shape index (κ2) is 21.9. The summed E-state index contributed by atoms with van der Waals surface area (Å²) in [5, 5.41) is 10.6. The summed E-state index contributed by atoms with van der Waals surface area (Å²) in [6, 6.07) is 35.0. The van der Waals surface area contributed by atoms with E-state index in [1.807, 2.05) is 53.4 Å². The fourth-order valence-corrected chi connectivity index (χ4v) is 7.94. The van der Waals surface area contributed by atoms with Crippen LogP contribution >= 0.6 is 15.9 Å². The minimum Gasteiger partial charge on any atom is -0.475 e. The number of alkyl halides is 3. The molecule has 4 aromatic carbocycles. The number of carboxylic acids is 1. The number of hydrogen-bond acceptors (Lipinski definition) is 4. The molecule has 2 N–H and O–H groups in total. The number of carbonyl (C=O) groups excluding carboxylic acids is 2. The van der Waals surface area contributed by atoms with Gasteiger partial charge >= 0.3 is 12.1 Å². The zero-order chi connectivity index (χ0) is 40.6. The van der Waals surface area contributed by atoms with Gasteiger partial charge in [0, 0.05) is 36.2 Å². The van der Waals surface area contributed by atoms with E-state index in [4.69, 9.17) is 9.90 Å². The lowest BCUT2D eigenvalue weighted by atomic mass is 9.87. The fraction of sp³-hybridized carbons (Fsp3) is 0.413. The van der Waals surface area contributed by atoms with Crippen LogP contribution in [-0.2, 0) is 29.0 Å². The predicted octanol–water partition coefficient (Wildman–Crippen LogP) is 9.98. The Kier molecular flexibility index (Phi) is 16.8. The molecule has 0 radical (unpaired) electrons. The average molecular weight is 849 g/mol. The summed E-state index contributed by atoms with van der Waals surface area (Å²) >= 11 is 3.50. The number of nitrogens with one attached hydrogen (secondary N) is 1. The molecule has 4 aromatic rings. The number of carbonyl (C=O) groups is 3. The van der Waals surface area contributed by atoms with Gasteiger partial charge < -0.3 is 20.2 Å². The number of rotatable bonds is 14. The molecule has 2 fully saturated rings. The van der Waals surface area contributed by atoms with E-state index in [2.05, 4.69) is 80.7 Å². The molecule has 0 aliphatic carbocycles. The van der Waals surface area contributed by atoms with Gasteiger partial charge in [-0.3, -0.25) is 9.59 Å². The second-order valence-corrected chi connectivity index (χ2v) is 16.1. The molecule has 2 amide bonds. The van der Waals surface area contributed by atoms with Crippen LogP contribution in [0.5, 0.6) is 0 Å². The van der Waals surface area contributed by atoms with Crippen LogP contribution in [-0.4, -0.2) is 71.6 Å². The summed E-state index contributed by atoms with van der Waals surface area (Å²) in [6.07, 6.45) is 6.00. The number of carboxylic acid groups (broad SMARTS) is 1. The molecule has 11 heteroatoms. The van der Waals surface area contributed by atoms with Gasteiger partial charge in [-0.2, -0.15) is 13.2 Å². The lowest BCUT2D eigenvalue weighted by molar-refractivity contribution is -0.192. The lowest BCUT2D eigenvalue weighted by Crippen LogP contribution is -2.38. The van der Waals surface area contributed by atoms with Crippen LogP contribution in [0.15, 0.2) is 108 Å². The van der Waals surface area contributed by atoms with Gasteiger partial charge in [-0.25, -0.2) is 4.79 Å². The van der Waals surface area contributed by atoms with E-state index in [0.29, 0.717) is 19.5 Å². The maximum atomic E-state index is 13.7. The van der Waals surface area contributed by atoms with E-state index in [0.717, 1.165) is 82.9 Å². The lowest BCUT2D eigenvalue weighted by Gasteiger charge is -2.32. The van der Waals surface area contributed by atoms with Gasteiger partial charge in [0.15, 0.2) is 0 Å². The molecule has 0 saturated carbocycles. The predicted molar refractivity (Wildman–Crippen MR) is 222 cm³/mol. The smallest absolute Gasteiger partial charge is 0.475 e. The molecule has 0 unspecified atom stereocenters. The van der Waals surface area contributed by atoms with E-state index in [9.17, 15) is 22.8 Å². The van der Waals surface area contributed by atoms with E-state index < -0.39 is 12.1 Å². The number of benzene rings is 4. The van der Waals surface area contributed by atoms with Crippen LogP contribution in [0.4, 0.5) is 13.2 Å². The molecule has 2 aliphatic rings. The number of nitrogens with zero attached hydrogens (tertiary/aromatic N) is 2. The topological polar surface area (TPSA) is 90.0 Å². The number of amides is 2. The molecular weight excluding hydrogens is 795 g/mol. The summed E-state index contributed by atoms with van der Waals surface area (Å²) in [7, 11) is 0. The average Bonchev–Trinajstić information content (AvgIpc) is 3.22. The quantitative estimate of drug-likeness (QED) is 0.132. The van der Waals surface area contributed by atoms with Crippen molar-refractivity contribution < 1.29 is 32.7 Å². The highest BCUT2D eigenvalue weighted by atomic mass is 79.9. The Labute approximate surface area is 342 Å². The Morgan fingerprint density at radius 2 is 1.33 bits per heavy atom. The van der Waals surface area contributed by atoms with Crippen LogP contribution in [0.25, 0.3) is 11.1 Å². The normalized spacial score (nSPS) is 15.1. The van der Waals surface area contributed by atoms with Crippen molar-refractivity contribution in [3.8, 4) is 11.1 Å². The van der Waals surface area contributed by atoms with Crippen LogP contribution in [0.3, 0.4) is 0 Å². The number of hydrogen-bond donors (Lipinski definition) is 2. The van der Waals surface area contributed by atoms with Crippen molar-refractivity contribution in [2.75, 3.05) is 32.7 Å². The van der Waals surface area contributed by atoms with E-state index in [1.165, 1.54) is 50.8 Å². The molecule has 6 rings (SSSR count). The van der Waals surface area contributed by atoms with Crippen molar-refractivity contribution in [2.45, 2.75) is 76.9 Å². The van der Waals surface area contributed by atoms with E-state index in [1.54, 1.807) is 0 Å². The van der Waals surface area contributed by atoms with Crippen LogP contribution < -0.4 is 5.32 Å². The highest BCUT2D eigenvalue weighted by molar-refractivity contribution is 9.10. The first-order chi connectivity index (χ1) is 27.4. The first-order valence-electron chi connectivity index (χ1n) is 20.0. The Balaban J connectivity index is 0.000000811. The largest absolute Gasteiger partial charge is 0.490 e. The van der Waals surface area contributed by atoms with Gasteiger partial charge in [0.05, 0.1) is 6.42 Å². The van der Waals surface area contributed by atoms with Crippen LogP contribution in [0, 0.1) is 11.8 Å². The number of halogens is 4. The Hall–Kier alpha value is -4.48. The van der Waals surface area contributed by atoms with Gasteiger partial charge in [-0.15, -0.1) is 0 Å². The molecule has 304 valence electrons. The molecule has 57 heavy (non-hydrogen) atoms. The maximum Gasteiger partial charge on any atom is 0.490 e. The highest BCUT2D eigenvalue weighted by Crippen LogP contribution is 2.28. The van der Waals surface area contributed by atoms with Crippen LogP contribution in [0.2, 0.25) is 0 Å². The third-order valence-electron chi connectivity index (χ3n) is 10.9. The first-order valence-corrected chi connectivity index (χ1v) is 20.8. The van der Waals surface area contributed by atoms with E-state index >= 15 is 0 Å². The summed E-state index contributed by atoms with van der Waals surface area (Å²) in [5.41, 5.74) is 6.24.